The Morgan fingerprint density at radius 1 is 1.00 bits per heavy atom. The third-order valence-electron chi connectivity index (χ3n) is 3.40. The highest BCUT2D eigenvalue weighted by molar-refractivity contribution is 5.32. The first kappa shape index (κ1) is 15.3. The van der Waals surface area contributed by atoms with Crippen LogP contribution < -0.4 is 15.2 Å². The van der Waals surface area contributed by atoms with Gasteiger partial charge in [-0.2, -0.15) is 0 Å². The van der Waals surface area contributed by atoms with Crippen LogP contribution in [0.25, 0.3) is 0 Å². The topological polar surface area (TPSA) is 44.5 Å². The number of halogens is 1. The van der Waals surface area contributed by atoms with Gasteiger partial charge in [0, 0.05) is 6.04 Å². The summed E-state index contributed by atoms with van der Waals surface area (Å²) in [7, 11) is 3.09. The molecule has 1 unspecified atom stereocenters. The van der Waals surface area contributed by atoms with Gasteiger partial charge in [0.15, 0.2) is 11.6 Å². The Labute approximate surface area is 124 Å². The summed E-state index contributed by atoms with van der Waals surface area (Å²) in [6, 6.07) is 12.7. The maximum Gasteiger partial charge on any atom is 0.168 e. The average Bonchev–Trinajstić information content (AvgIpc) is 2.50. The molecule has 0 aliphatic carbocycles. The van der Waals surface area contributed by atoms with E-state index >= 15 is 0 Å². The van der Waals surface area contributed by atoms with Crippen LogP contribution in [0, 0.1) is 5.82 Å². The van der Waals surface area contributed by atoms with Crippen molar-refractivity contribution in [2.24, 2.45) is 5.73 Å². The molecule has 0 fully saturated rings. The van der Waals surface area contributed by atoms with Crippen LogP contribution >= 0.6 is 0 Å². The molecule has 0 saturated heterocycles. The lowest BCUT2D eigenvalue weighted by molar-refractivity contribution is 0.383. The van der Waals surface area contributed by atoms with Gasteiger partial charge < -0.3 is 15.2 Å². The number of nitrogens with two attached hydrogens (primary N) is 1. The zero-order chi connectivity index (χ0) is 15.2. The Morgan fingerprint density at radius 3 is 2.33 bits per heavy atom. The zero-order valence-corrected chi connectivity index (χ0v) is 12.3. The Bertz CT molecular complexity index is 584. The Kier molecular flexibility index (Phi) is 5.17. The van der Waals surface area contributed by atoms with E-state index in [1.807, 2.05) is 24.3 Å². The molecule has 112 valence electrons. The molecule has 0 aliphatic heterocycles. The number of methoxy groups -OCH3 is 2. The van der Waals surface area contributed by atoms with Gasteiger partial charge in [-0.25, -0.2) is 4.39 Å². The van der Waals surface area contributed by atoms with E-state index in [1.165, 1.54) is 7.11 Å². The summed E-state index contributed by atoms with van der Waals surface area (Å²) in [5.74, 6) is 0.737. The van der Waals surface area contributed by atoms with E-state index in [0.717, 1.165) is 11.3 Å². The minimum Gasteiger partial charge on any atom is -0.497 e. The monoisotopic (exact) mass is 289 g/mol. The number of hydrogen-bond donors (Lipinski definition) is 1. The molecule has 2 aromatic rings. The standard InChI is InChI=1S/C17H20FNO2/c1-20-15-8-6-12(7-9-15)10-14(19)11-13-4-3-5-16(21-2)17(13)18/h3-9,14H,10-11,19H2,1-2H3. The highest BCUT2D eigenvalue weighted by atomic mass is 19.1. The van der Waals surface area contributed by atoms with Crippen LogP contribution in [-0.4, -0.2) is 20.3 Å². The number of hydrogen-bond acceptors (Lipinski definition) is 3. The van der Waals surface area contributed by atoms with Crippen LogP contribution in [0.4, 0.5) is 4.39 Å². The van der Waals surface area contributed by atoms with Crippen molar-refractivity contribution >= 4 is 0 Å². The van der Waals surface area contributed by atoms with Crippen molar-refractivity contribution in [2.75, 3.05) is 14.2 Å². The van der Waals surface area contributed by atoms with Gasteiger partial charge in [-0.1, -0.05) is 24.3 Å². The van der Waals surface area contributed by atoms with Gasteiger partial charge in [0.1, 0.15) is 5.75 Å². The minimum atomic E-state index is -0.329. The highest BCUT2D eigenvalue weighted by Gasteiger charge is 2.12. The Morgan fingerprint density at radius 2 is 1.71 bits per heavy atom. The largest absolute Gasteiger partial charge is 0.497 e. The lowest BCUT2D eigenvalue weighted by atomic mass is 9.99. The molecular weight excluding hydrogens is 269 g/mol. The quantitative estimate of drug-likeness (QED) is 0.889. The normalized spacial score (nSPS) is 12.0. The van der Waals surface area contributed by atoms with Crippen LogP contribution in [0.15, 0.2) is 42.5 Å². The summed E-state index contributed by atoms with van der Waals surface area (Å²) in [4.78, 5) is 0. The predicted molar refractivity (Wildman–Crippen MR) is 81.3 cm³/mol. The van der Waals surface area contributed by atoms with Gasteiger partial charge in [-0.15, -0.1) is 0 Å². The number of benzene rings is 2. The first-order valence-corrected chi connectivity index (χ1v) is 6.84. The molecule has 2 rings (SSSR count). The molecule has 0 bridgehead atoms. The van der Waals surface area contributed by atoms with Crippen molar-refractivity contribution in [3.63, 3.8) is 0 Å². The lowest BCUT2D eigenvalue weighted by Crippen LogP contribution is -2.26. The summed E-state index contributed by atoms with van der Waals surface area (Å²) in [6.45, 7) is 0. The van der Waals surface area contributed by atoms with Gasteiger partial charge in [0.25, 0.3) is 0 Å². The molecule has 4 heteroatoms. The number of rotatable bonds is 6. The summed E-state index contributed by atoms with van der Waals surface area (Å²) >= 11 is 0. The second-order valence-electron chi connectivity index (χ2n) is 4.95. The summed E-state index contributed by atoms with van der Waals surface area (Å²) in [6.07, 6.45) is 1.15. The van der Waals surface area contributed by atoms with Crippen molar-refractivity contribution in [3.05, 3.63) is 59.4 Å². The summed E-state index contributed by atoms with van der Waals surface area (Å²) in [5.41, 5.74) is 7.81. The molecule has 2 aromatic carbocycles. The minimum absolute atomic E-state index is 0.153. The smallest absolute Gasteiger partial charge is 0.168 e. The first-order chi connectivity index (χ1) is 10.1. The van der Waals surface area contributed by atoms with Crippen molar-refractivity contribution in [3.8, 4) is 11.5 Å². The average molecular weight is 289 g/mol. The second-order valence-corrected chi connectivity index (χ2v) is 4.95. The molecular formula is C17H20FNO2. The molecule has 0 amide bonds. The zero-order valence-electron chi connectivity index (χ0n) is 12.3. The maximum absolute atomic E-state index is 14.1. The van der Waals surface area contributed by atoms with E-state index in [1.54, 1.807) is 25.3 Å². The van der Waals surface area contributed by atoms with Crippen LogP contribution in [0.5, 0.6) is 11.5 Å². The van der Waals surface area contributed by atoms with Gasteiger partial charge in [0.05, 0.1) is 14.2 Å². The molecule has 0 spiro atoms. The van der Waals surface area contributed by atoms with Crippen LogP contribution in [0.1, 0.15) is 11.1 Å². The van der Waals surface area contributed by atoms with E-state index in [-0.39, 0.29) is 17.6 Å². The molecule has 2 N–H and O–H groups in total. The lowest BCUT2D eigenvalue weighted by Gasteiger charge is -2.14. The molecule has 0 aromatic heterocycles. The Hall–Kier alpha value is -2.07. The fraction of sp³-hybridized carbons (Fsp3) is 0.294. The molecule has 0 aliphatic rings. The molecule has 0 saturated carbocycles. The Balaban J connectivity index is 2.02. The SMILES string of the molecule is COc1ccc(CC(N)Cc2cccc(OC)c2F)cc1. The molecule has 3 nitrogen and oxygen atoms in total. The summed E-state index contributed by atoms with van der Waals surface area (Å²) < 4.78 is 24.2. The van der Waals surface area contributed by atoms with Crippen molar-refractivity contribution in [2.45, 2.75) is 18.9 Å². The molecule has 0 heterocycles. The molecule has 0 radical (unpaired) electrons. The molecule has 21 heavy (non-hydrogen) atoms. The van der Waals surface area contributed by atoms with Gasteiger partial charge in [0.2, 0.25) is 0 Å². The maximum atomic E-state index is 14.1. The van der Waals surface area contributed by atoms with Gasteiger partial charge in [-0.3, -0.25) is 0 Å². The summed E-state index contributed by atoms with van der Waals surface area (Å²) in [5, 5.41) is 0. The second kappa shape index (κ2) is 7.09. The van der Waals surface area contributed by atoms with Crippen molar-refractivity contribution in [1.82, 2.24) is 0 Å². The van der Waals surface area contributed by atoms with E-state index in [0.29, 0.717) is 18.4 Å². The van der Waals surface area contributed by atoms with Crippen LogP contribution in [-0.2, 0) is 12.8 Å². The number of ether oxygens (including phenoxy) is 2. The van der Waals surface area contributed by atoms with Gasteiger partial charge >= 0.3 is 0 Å². The van der Waals surface area contributed by atoms with E-state index in [4.69, 9.17) is 15.2 Å². The van der Waals surface area contributed by atoms with Crippen LogP contribution in [0.3, 0.4) is 0 Å². The van der Waals surface area contributed by atoms with E-state index < -0.39 is 0 Å². The van der Waals surface area contributed by atoms with E-state index in [9.17, 15) is 4.39 Å². The van der Waals surface area contributed by atoms with Crippen LogP contribution in [0.2, 0.25) is 0 Å². The third-order valence-corrected chi connectivity index (χ3v) is 3.40. The van der Waals surface area contributed by atoms with Crippen molar-refractivity contribution in [1.29, 1.82) is 0 Å². The fourth-order valence-electron chi connectivity index (χ4n) is 2.29. The highest BCUT2D eigenvalue weighted by Crippen LogP contribution is 2.21. The first-order valence-electron chi connectivity index (χ1n) is 6.84. The van der Waals surface area contributed by atoms with Gasteiger partial charge in [-0.05, 0) is 42.2 Å². The fourth-order valence-corrected chi connectivity index (χ4v) is 2.29. The third kappa shape index (κ3) is 3.95. The van der Waals surface area contributed by atoms with Crippen molar-refractivity contribution < 1.29 is 13.9 Å². The molecule has 1 atom stereocenters. The predicted octanol–water partition coefficient (Wildman–Crippen LogP) is 2.96. The van der Waals surface area contributed by atoms with E-state index in [2.05, 4.69) is 0 Å².